The van der Waals surface area contributed by atoms with Crippen LogP contribution in [0.3, 0.4) is 0 Å². The number of hydrogen-bond donors (Lipinski definition) is 2. The number of nitrogens with zero attached hydrogens (tertiary/aromatic N) is 3. The van der Waals surface area contributed by atoms with Gasteiger partial charge < -0.3 is 9.97 Å². The van der Waals surface area contributed by atoms with E-state index in [1.165, 1.54) is 69.7 Å². The number of aryl methyl sites for hydroxylation is 2. The van der Waals surface area contributed by atoms with E-state index in [4.69, 9.17) is 9.97 Å². The molecule has 2 aromatic carbocycles. The minimum Gasteiger partial charge on any atom is -0.345 e. The number of nitrogens with one attached hydrogen (secondary N) is 2. The first-order chi connectivity index (χ1) is 20.6. The molecule has 1 aliphatic carbocycles. The summed E-state index contributed by atoms with van der Waals surface area (Å²) in [5, 5.41) is 0. The Balaban J connectivity index is 0.000000175. The quantitative estimate of drug-likeness (QED) is 0.243. The fourth-order valence-electron chi connectivity index (χ4n) is 6.25. The molecule has 44 heavy (non-hydrogen) atoms. The van der Waals surface area contributed by atoms with E-state index >= 15 is 0 Å². The van der Waals surface area contributed by atoms with E-state index in [2.05, 4.69) is 128 Å². The number of rotatable bonds is 2. The van der Waals surface area contributed by atoms with Crippen LogP contribution >= 0.6 is 0 Å². The van der Waals surface area contributed by atoms with E-state index < -0.39 is 0 Å². The van der Waals surface area contributed by atoms with Crippen LogP contribution in [0.2, 0.25) is 0 Å². The van der Waals surface area contributed by atoms with Gasteiger partial charge in [-0.1, -0.05) is 106 Å². The van der Waals surface area contributed by atoms with Crippen molar-refractivity contribution in [1.29, 1.82) is 0 Å². The Bertz CT molecular complexity index is 1570. The first-order valence-corrected chi connectivity index (χ1v) is 16.8. The van der Waals surface area contributed by atoms with E-state index in [9.17, 15) is 0 Å². The summed E-state index contributed by atoms with van der Waals surface area (Å²) < 4.78 is 0. The molecule has 0 unspecified atom stereocenters. The lowest BCUT2D eigenvalue weighted by Gasteiger charge is -2.17. The lowest BCUT2D eigenvalue weighted by atomic mass is 9.90. The summed E-state index contributed by atoms with van der Waals surface area (Å²) in [5.74, 6) is 3.33. The van der Waals surface area contributed by atoms with Crippen LogP contribution in [0.1, 0.15) is 139 Å². The van der Waals surface area contributed by atoms with Crippen molar-refractivity contribution in [2.45, 2.75) is 131 Å². The van der Waals surface area contributed by atoms with Crippen LogP contribution in [0.4, 0.5) is 0 Å². The molecule has 4 aromatic rings. The Morgan fingerprint density at radius 1 is 0.636 bits per heavy atom. The van der Waals surface area contributed by atoms with Gasteiger partial charge in [-0.3, -0.25) is 4.90 Å². The highest BCUT2D eigenvalue weighted by molar-refractivity contribution is 5.69. The number of aromatic amines is 2. The summed E-state index contributed by atoms with van der Waals surface area (Å²) in [6.45, 7) is 24.2. The highest BCUT2D eigenvalue weighted by atomic mass is 15.1. The molecule has 2 aromatic heterocycles. The Labute approximate surface area is 266 Å². The zero-order valence-corrected chi connectivity index (χ0v) is 29.2. The summed E-state index contributed by atoms with van der Waals surface area (Å²) in [5.41, 5.74) is 13.3. The molecule has 5 nitrogen and oxygen atoms in total. The average molecular weight is 594 g/mol. The molecule has 0 saturated heterocycles. The maximum absolute atomic E-state index is 4.98. The lowest BCUT2D eigenvalue weighted by molar-refractivity contribution is 0.318. The van der Waals surface area contributed by atoms with Gasteiger partial charge in [-0.2, -0.15) is 0 Å². The van der Waals surface area contributed by atoms with Crippen molar-refractivity contribution in [3.8, 4) is 22.5 Å². The number of imidazole rings is 2. The molecule has 0 radical (unpaired) electrons. The van der Waals surface area contributed by atoms with E-state index in [1.807, 2.05) is 0 Å². The van der Waals surface area contributed by atoms with Gasteiger partial charge in [0.05, 0.1) is 17.1 Å². The molecule has 5 heteroatoms. The number of aromatic nitrogens is 4. The third kappa shape index (κ3) is 6.88. The molecule has 3 heterocycles. The largest absolute Gasteiger partial charge is 0.345 e. The summed E-state index contributed by atoms with van der Waals surface area (Å²) in [4.78, 5) is 19.5. The molecule has 1 aliphatic heterocycles. The average Bonchev–Trinajstić information content (AvgIpc) is 3.51. The molecule has 2 N–H and O–H groups in total. The van der Waals surface area contributed by atoms with Gasteiger partial charge in [-0.05, 0) is 66.8 Å². The molecular formula is C39H55N5. The van der Waals surface area contributed by atoms with Gasteiger partial charge in [0, 0.05) is 40.7 Å². The number of benzene rings is 2. The van der Waals surface area contributed by atoms with Gasteiger partial charge in [0.1, 0.15) is 11.6 Å². The van der Waals surface area contributed by atoms with Gasteiger partial charge in [-0.25, -0.2) is 9.97 Å². The normalized spacial score (nSPS) is 15.4. The molecule has 236 valence electrons. The van der Waals surface area contributed by atoms with Crippen molar-refractivity contribution in [2.75, 3.05) is 7.05 Å². The van der Waals surface area contributed by atoms with E-state index in [0.29, 0.717) is 11.8 Å². The first kappa shape index (κ1) is 32.2. The molecule has 6 rings (SSSR count). The molecule has 0 amide bonds. The van der Waals surface area contributed by atoms with Gasteiger partial charge >= 0.3 is 0 Å². The van der Waals surface area contributed by atoms with Crippen LogP contribution in [0.25, 0.3) is 22.5 Å². The second kappa shape index (κ2) is 12.3. The molecule has 0 atom stereocenters. The zero-order valence-electron chi connectivity index (χ0n) is 29.2. The van der Waals surface area contributed by atoms with Crippen LogP contribution in [0.5, 0.6) is 0 Å². The molecule has 0 spiro atoms. The van der Waals surface area contributed by atoms with Crippen molar-refractivity contribution >= 4 is 0 Å². The fourth-order valence-corrected chi connectivity index (χ4v) is 6.25. The smallest absolute Gasteiger partial charge is 0.112 e. The topological polar surface area (TPSA) is 60.6 Å². The molecule has 2 aliphatic rings. The minimum absolute atomic E-state index is 0.0444. The molecule has 0 saturated carbocycles. The van der Waals surface area contributed by atoms with Crippen LogP contribution in [-0.4, -0.2) is 31.9 Å². The Morgan fingerprint density at radius 2 is 1.11 bits per heavy atom. The summed E-state index contributed by atoms with van der Waals surface area (Å²) in [6.07, 6.45) is 4.79. The lowest BCUT2D eigenvalue weighted by Crippen LogP contribution is -2.17. The Kier molecular flexibility index (Phi) is 9.01. The molecule has 0 fully saturated rings. The van der Waals surface area contributed by atoms with Crippen molar-refractivity contribution in [3.63, 3.8) is 0 Å². The fraction of sp³-hybridized carbons (Fsp3) is 0.538. The second-order valence-electron chi connectivity index (χ2n) is 15.8. The van der Waals surface area contributed by atoms with Crippen molar-refractivity contribution in [1.82, 2.24) is 24.8 Å². The molecule has 0 bridgehead atoms. The van der Waals surface area contributed by atoms with Crippen molar-refractivity contribution < 1.29 is 0 Å². The SMILES string of the molecule is CC(C)c1ccc2c(c1)CCCCc1[nH]c(C(C)(C)C)nc1-2.CC(C)c1ccc2c(c1)CN(C)Cc1[nH]c(C(C)(C)C)nc1-2. The summed E-state index contributed by atoms with van der Waals surface area (Å²) in [6, 6.07) is 13.8. The van der Waals surface area contributed by atoms with Gasteiger partial charge in [-0.15, -0.1) is 0 Å². The first-order valence-electron chi connectivity index (χ1n) is 16.8. The Morgan fingerprint density at radius 3 is 1.66 bits per heavy atom. The van der Waals surface area contributed by atoms with E-state index in [-0.39, 0.29) is 10.8 Å². The van der Waals surface area contributed by atoms with Crippen LogP contribution in [0, 0.1) is 0 Å². The van der Waals surface area contributed by atoms with E-state index in [0.717, 1.165) is 36.9 Å². The standard InChI is InChI=1S/C20H28N2.C19H27N3/c1-13(2)14-10-11-16-15(12-14)8-6-7-9-17-18(16)22-19(21-17)20(3,4)5;1-12(2)13-7-8-15-14(9-13)10-22(6)11-16-17(15)21-18(20-16)19(3,4)5/h10-13H,6-9H2,1-5H3,(H,21,22);7-9,12H,10-11H2,1-6H3,(H,20,21). The predicted octanol–water partition coefficient (Wildman–Crippen LogP) is 9.82. The third-order valence-corrected chi connectivity index (χ3v) is 9.07. The predicted molar refractivity (Wildman–Crippen MR) is 185 cm³/mol. The third-order valence-electron chi connectivity index (χ3n) is 9.07. The van der Waals surface area contributed by atoms with Gasteiger partial charge in [0.15, 0.2) is 0 Å². The zero-order chi connectivity index (χ0) is 32.0. The summed E-state index contributed by atoms with van der Waals surface area (Å²) >= 11 is 0. The minimum atomic E-state index is 0.0444. The van der Waals surface area contributed by atoms with Gasteiger partial charge in [0.25, 0.3) is 0 Å². The Hall–Kier alpha value is -3.18. The maximum Gasteiger partial charge on any atom is 0.112 e. The van der Waals surface area contributed by atoms with E-state index in [1.54, 1.807) is 0 Å². The second-order valence-corrected chi connectivity index (χ2v) is 15.8. The van der Waals surface area contributed by atoms with Crippen LogP contribution in [-0.2, 0) is 36.8 Å². The molecular weight excluding hydrogens is 538 g/mol. The van der Waals surface area contributed by atoms with Crippen molar-refractivity contribution in [3.05, 3.63) is 81.7 Å². The number of H-pyrrole nitrogens is 2. The monoisotopic (exact) mass is 593 g/mol. The summed E-state index contributed by atoms with van der Waals surface area (Å²) in [7, 11) is 2.18. The van der Waals surface area contributed by atoms with Gasteiger partial charge in [0.2, 0.25) is 0 Å². The van der Waals surface area contributed by atoms with Crippen LogP contribution in [0.15, 0.2) is 36.4 Å². The number of fused-ring (bicyclic) bond motifs is 6. The van der Waals surface area contributed by atoms with Crippen molar-refractivity contribution in [2.24, 2.45) is 0 Å². The maximum atomic E-state index is 4.98. The number of hydrogen-bond acceptors (Lipinski definition) is 3. The highest BCUT2D eigenvalue weighted by Gasteiger charge is 2.26. The van der Waals surface area contributed by atoms with Crippen LogP contribution < -0.4 is 0 Å². The highest BCUT2D eigenvalue weighted by Crippen LogP contribution is 2.36.